The number of rotatable bonds is 1. The van der Waals surface area contributed by atoms with Gasteiger partial charge in [0.25, 0.3) is 0 Å². The molecule has 1 aromatic rings. The van der Waals surface area contributed by atoms with Crippen molar-refractivity contribution in [2.24, 2.45) is 0 Å². The van der Waals surface area contributed by atoms with Crippen molar-refractivity contribution in [3.05, 3.63) is 29.8 Å². The molecule has 48 valence electrons. The number of hydrogen-bond acceptors (Lipinski definition) is 1. The Labute approximate surface area is 55.0 Å². The molecule has 0 N–H and O–H groups in total. The summed E-state index contributed by atoms with van der Waals surface area (Å²) in [6, 6.07) is 6.99. The van der Waals surface area contributed by atoms with Crippen LogP contribution < -0.4 is 5.11 Å². The Hall–Kier alpha value is -0.980. The maximum absolute atomic E-state index is 10.6. The van der Waals surface area contributed by atoms with E-state index in [4.69, 9.17) is 0 Å². The van der Waals surface area contributed by atoms with Crippen molar-refractivity contribution >= 4 is 0 Å². The third kappa shape index (κ3) is 1.46. The maximum atomic E-state index is 10.6. The van der Waals surface area contributed by atoms with Crippen molar-refractivity contribution in [2.45, 2.75) is 13.3 Å². The van der Waals surface area contributed by atoms with Gasteiger partial charge in [0.05, 0.1) is 0 Å². The highest BCUT2D eigenvalue weighted by Crippen LogP contribution is 2.07. The zero-order chi connectivity index (χ0) is 6.69. The van der Waals surface area contributed by atoms with E-state index in [-0.39, 0.29) is 5.75 Å². The Kier molecular flexibility index (Phi) is 1.73. The molecule has 0 fully saturated rings. The molecule has 0 aliphatic carbocycles. The summed E-state index contributed by atoms with van der Waals surface area (Å²) < 4.78 is 0. The van der Waals surface area contributed by atoms with Crippen molar-refractivity contribution in [3.8, 4) is 5.75 Å². The molecule has 1 aromatic carbocycles. The van der Waals surface area contributed by atoms with Gasteiger partial charge in [0.2, 0.25) is 0 Å². The van der Waals surface area contributed by atoms with Gasteiger partial charge < -0.3 is 5.11 Å². The fourth-order valence-electron chi connectivity index (χ4n) is 0.765. The van der Waals surface area contributed by atoms with Gasteiger partial charge in [-0.3, -0.25) is 0 Å². The predicted octanol–water partition coefficient (Wildman–Crippen LogP) is 1.32. The Morgan fingerprint density at radius 3 is 2.67 bits per heavy atom. The Morgan fingerprint density at radius 1 is 1.44 bits per heavy atom. The molecule has 0 amide bonds. The lowest BCUT2D eigenvalue weighted by Gasteiger charge is -2.04. The fraction of sp³-hybridized carbons (Fsp3) is 0.250. The van der Waals surface area contributed by atoms with Crippen LogP contribution in [0.25, 0.3) is 0 Å². The minimum atomic E-state index is 0.106. The van der Waals surface area contributed by atoms with Crippen LogP contribution in [0.4, 0.5) is 0 Å². The van der Waals surface area contributed by atoms with Crippen molar-refractivity contribution in [1.82, 2.24) is 0 Å². The first-order chi connectivity index (χ1) is 4.33. The second-order valence-electron chi connectivity index (χ2n) is 2.00. The van der Waals surface area contributed by atoms with Gasteiger partial charge in [-0.1, -0.05) is 31.2 Å². The molecular formula is C8H9O-. The summed E-state index contributed by atoms with van der Waals surface area (Å²) in [6.45, 7) is 2.04. The van der Waals surface area contributed by atoms with Crippen LogP contribution in [0.15, 0.2) is 24.3 Å². The lowest BCUT2D eigenvalue weighted by molar-refractivity contribution is -0.268. The van der Waals surface area contributed by atoms with Gasteiger partial charge in [0, 0.05) is 0 Å². The number of benzene rings is 1. The lowest BCUT2D eigenvalue weighted by Crippen LogP contribution is -1.89. The molecule has 0 aromatic heterocycles. The molecule has 9 heavy (non-hydrogen) atoms. The molecule has 0 saturated heterocycles. The monoisotopic (exact) mass is 121 g/mol. The average Bonchev–Trinajstić information content (AvgIpc) is 1.88. The number of hydrogen-bond donors (Lipinski definition) is 0. The molecule has 0 aliphatic heterocycles. The zero-order valence-corrected chi connectivity index (χ0v) is 5.42. The summed E-state index contributed by atoms with van der Waals surface area (Å²) in [5.74, 6) is 0.106. The summed E-state index contributed by atoms with van der Waals surface area (Å²) in [7, 11) is 0. The zero-order valence-electron chi connectivity index (χ0n) is 5.42. The van der Waals surface area contributed by atoms with Crippen molar-refractivity contribution < 1.29 is 5.11 Å². The van der Waals surface area contributed by atoms with E-state index in [2.05, 4.69) is 0 Å². The van der Waals surface area contributed by atoms with E-state index in [9.17, 15) is 5.11 Å². The molecule has 1 rings (SSSR count). The van der Waals surface area contributed by atoms with E-state index in [1.54, 1.807) is 18.2 Å². The van der Waals surface area contributed by atoms with Crippen LogP contribution in [0.3, 0.4) is 0 Å². The maximum Gasteiger partial charge on any atom is -0.0308 e. The molecule has 0 radical (unpaired) electrons. The fourth-order valence-corrected chi connectivity index (χ4v) is 0.765. The molecular weight excluding hydrogens is 112 g/mol. The van der Waals surface area contributed by atoms with E-state index >= 15 is 0 Å². The quantitative estimate of drug-likeness (QED) is 0.549. The summed E-state index contributed by atoms with van der Waals surface area (Å²) >= 11 is 0. The van der Waals surface area contributed by atoms with Gasteiger partial charge in [0.15, 0.2) is 0 Å². The summed E-state index contributed by atoms with van der Waals surface area (Å²) in [6.07, 6.45) is 0.941. The first-order valence-electron chi connectivity index (χ1n) is 3.09. The van der Waals surface area contributed by atoms with Crippen molar-refractivity contribution in [1.29, 1.82) is 0 Å². The highest BCUT2D eigenvalue weighted by atomic mass is 16.3. The van der Waals surface area contributed by atoms with Crippen molar-refractivity contribution in [2.75, 3.05) is 0 Å². The van der Waals surface area contributed by atoms with E-state index in [1.165, 1.54) is 0 Å². The third-order valence-corrected chi connectivity index (χ3v) is 1.31. The minimum Gasteiger partial charge on any atom is -0.872 e. The number of aryl methyl sites for hydroxylation is 1. The van der Waals surface area contributed by atoms with Gasteiger partial charge >= 0.3 is 0 Å². The van der Waals surface area contributed by atoms with Crippen molar-refractivity contribution in [3.63, 3.8) is 0 Å². The first kappa shape index (κ1) is 6.14. The van der Waals surface area contributed by atoms with Crippen LogP contribution in [0.1, 0.15) is 12.5 Å². The van der Waals surface area contributed by atoms with E-state index in [0.717, 1.165) is 12.0 Å². The normalized spacial score (nSPS) is 9.44. The van der Waals surface area contributed by atoms with E-state index < -0.39 is 0 Å². The van der Waals surface area contributed by atoms with Crippen LogP contribution in [-0.4, -0.2) is 0 Å². The first-order valence-corrected chi connectivity index (χ1v) is 3.09. The molecule has 1 nitrogen and oxygen atoms in total. The van der Waals surface area contributed by atoms with Crippen LogP contribution >= 0.6 is 0 Å². The second kappa shape index (κ2) is 2.53. The van der Waals surface area contributed by atoms with E-state index in [0.29, 0.717) is 0 Å². The topological polar surface area (TPSA) is 23.1 Å². The Bertz CT molecular complexity index is 194. The van der Waals surface area contributed by atoms with Crippen LogP contribution in [0, 0.1) is 0 Å². The molecule has 0 aliphatic rings. The van der Waals surface area contributed by atoms with Crippen LogP contribution in [0.2, 0.25) is 0 Å². The van der Waals surface area contributed by atoms with E-state index in [1.807, 2.05) is 13.0 Å². The SMILES string of the molecule is CCc1cccc([O-])c1. The molecule has 0 saturated carbocycles. The third-order valence-electron chi connectivity index (χ3n) is 1.31. The van der Waals surface area contributed by atoms with Gasteiger partial charge in [-0.2, -0.15) is 0 Å². The Balaban J connectivity index is 2.94. The molecule has 0 heterocycles. The lowest BCUT2D eigenvalue weighted by atomic mass is 10.2. The standard InChI is InChI=1S/C8H10O/c1-2-7-4-3-5-8(9)6-7/h3-6,9H,2H2,1H3/p-1. The Morgan fingerprint density at radius 2 is 2.22 bits per heavy atom. The van der Waals surface area contributed by atoms with Crippen LogP contribution in [-0.2, 0) is 6.42 Å². The molecule has 0 unspecified atom stereocenters. The molecule has 0 atom stereocenters. The molecule has 0 spiro atoms. The van der Waals surface area contributed by atoms with Gasteiger partial charge in [-0.05, 0) is 12.0 Å². The second-order valence-corrected chi connectivity index (χ2v) is 2.00. The smallest absolute Gasteiger partial charge is 0.0308 e. The van der Waals surface area contributed by atoms with Gasteiger partial charge in [-0.25, -0.2) is 0 Å². The summed E-state index contributed by atoms with van der Waals surface area (Å²) in [5.41, 5.74) is 1.11. The van der Waals surface area contributed by atoms with Gasteiger partial charge in [0.1, 0.15) is 0 Å². The largest absolute Gasteiger partial charge is 0.872 e. The summed E-state index contributed by atoms with van der Waals surface area (Å²) in [4.78, 5) is 0. The molecule has 0 bridgehead atoms. The van der Waals surface area contributed by atoms with Gasteiger partial charge in [-0.15, -0.1) is 5.75 Å². The highest BCUT2D eigenvalue weighted by Gasteiger charge is 1.82. The minimum absolute atomic E-state index is 0.106. The predicted molar refractivity (Wildman–Crippen MR) is 35.3 cm³/mol. The highest BCUT2D eigenvalue weighted by molar-refractivity contribution is 5.25. The molecule has 1 heteroatoms. The summed E-state index contributed by atoms with van der Waals surface area (Å²) in [5, 5.41) is 10.6. The average molecular weight is 121 g/mol. The van der Waals surface area contributed by atoms with Crippen LogP contribution in [0.5, 0.6) is 5.75 Å².